The van der Waals surface area contributed by atoms with Crippen LogP contribution in [0.2, 0.25) is 0 Å². The number of unbranched alkanes of at least 4 members (excludes halogenated alkanes) is 2. The maximum absolute atomic E-state index is 12.2. The van der Waals surface area contributed by atoms with E-state index in [0.29, 0.717) is 19.5 Å². The molecule has 0 saturated heterocycles. The number of hydrogen-bond donors (Lipinski definition) is 1. The second-order valence-corrected chi connectivity index (χ2v) is 4.91. The molecule has 0 radical (unpaired) electrons. The number of nitrogens with zero attached hydrogens (tertiary/aromatic N) is 1. The lowest BCUT2D eigenvalue weighted by atomic mass is 10.1. The van der Waals surface area contributed by atoms with Crippen molar-refractivity contribution < 1.29 is 14.3 Å². The molecule has 1 rings (SSSR count). The molecule has 0 fully saturated rings. The zero-order valence-electron chi connectivity index (χ0n) is 12.6. The summed E-state index contributed by atoms with van der Waals surface area (Å²) in [5.41, 5.74) is 6.43. The van der Waals surface area contributed by atoms with Gasteiger partial charge in [0.05, 0.1) is 7.11 Å². The fraction of sp³-hybridized carbons (Fsp3) is 0.500. The molecular weight excluding hydrogens is 268 g/mol. The van der Waals surface area contributed by atoms with Crippen molar-refractivity contribution in [1.29, 1.82) is 0 Å². The lowest BCUT2D eigenvalue weighted by Crippen LogP contribution is -2.35. The summed E-state index contributed by atoms with van der Waals surface area (Å²) in [5, 5.41) is 0. The molecule has 1 aromatic carbocycles. The number of methoxy groups -OCH3 is 1. The van der Waals surface area contributed by atoms with Crippen molar-refractivity contribution in [3.63, 3.8) is 0 Å². The zero-order valence-corrected chi connectivity index (χ0v) is 12.6. The van der Waals surface area contributed by atoms with Gasteiger partial charge in [0.1, 0.15) is 6.54 Å². The maximum Gasteiger partial charge on any atom is 0.325 e. The number of carbonyl (C=O) groups is 2. The first-order chi connectivity index (χ1) is 10.2. The molecule has 1 aromatic rings. The average molecular weight is 292 g/mol. The summed E-state index contributed by atoms with van der Waals surface area (Å²) in [7, 11) is 1.33. The maximum atomic E-state index is 12.2. The summed E-state index contributed by atoms with van der Waals surface area (Å²) in [6.07, 6.45) is 3.08. The van der Waals surface area contributed by atoms with Crippen LogP contribution in [-0.2, 0) is 20.9 Å². The van der Waals surface area contributed by atoms with Crippen molar-refractivity contribution in [2.24, 2.45) is 5.73 Å². The Kier molecular flexibility index (Phi) is 8.12. The number of ether oxygens (including phenoxy) is 1. The normalized spacial score (nSPS) is 10.2. The van der Waals surface area contributed by atoms with Gasteiger partial charge < -0.3 is 15.4 Å². The van der Waals surface area contributed by atoms with Crippen molar-refractivity contribution in [1.82, 2.24) is 4.90 Å². The van der Waals surface area contributed by atoms with Crippen LogP contribution in [0.15, 0.2) is 30.3 Å². The molecule has 116 valence electrons. The highest BCUT2D eigenvalue weighted by molar-refractivity contribution is 5.82. The minimum absolute atomic E-state index is 0.0128. The van der Waals surface area contributed by atoms with Crippen molar-refractivity contribution in [2.45, 2.75) is 32.2 Å². The van der Waals surface area contributed by atoms with Crippen LogP contribution in [0.25, 0.3) is 0 Å². The van der Waals surface area contributed by atoms with Crippen molar-refractivity contribution in [3.8, 4) is 0 Å². The number of amides is 1. The van der Waals surface area contributed by atoms with Gasteiger partial charge >= 0.3 is 5.97 Å². The molecule has 0 heterocycles. The summed E-state index contributed by atoms with van der Waals surface area (Å²) in [5.74, 6) is -0.428. The summed E-state index contributed by atoms with van der Waals surface area (Å²) >= 11 is 0. The third-order valence-electron chi connectivity index (χ3n) is 3.21. The fourth-order valence-electron chi connectivity index (χ4n) is 2.01. The molecule has 0 aliphatic carbocycles. The number of benzene rings is 1. The van der Waals surface area contributed by atoms with Crippen LogP contribution in [0.5, 0.6) is 0 Å². The van der Waals surface area contributed by atoms with Gasteiger partial charge in [0.15, 0.2) is 0 Å². The average Bonchev–Trinajstić information content (AvgIpc) is 2.51. The summed E-state index contributed by atoms with van der Waals surface area (Å²) < 4.78 is 4.66. The van der Waals surface area contributed by atoms with Crippen LogP contribution in [0.4, 0.5) is 0 Å². The van der Waals surface area contributed by atoms with Crippen LogP contribution in [0, 0.1) is 0 Å². The quantitative estimate of drug-likeness (QED) is 0.555. The molecule has 21 heavy (non-hydrogen) atoms. The second kappa shape index (κ2) is 9.94. The Balaban J connectivity index is 2.58. The monoisotopic (exact) mass is 292 g/mol. The molecule has 5 nitrogen and oxygen atoms in total. The highest BCUT2D eigenvalue weighted by atomic mass is 16.5. The number of esters is 1. The third-order valence-corrected chi connectivity index (χ3v) is 3.21. The highest BCUT2D eigenvalue weighted by Crippen LogP contribution is 2.09. The highest BCUT2D eigenvalue weighted by Gasteiger charge is 2.17. The van der Waals surface area contributed by atoms with Gasteiger partial charge in [-0.3, -0.25) is 9.59 Å². The van der Waals surface area contributed by atoms with Crippen molar-refractivity contribution in [2.75, 3.05) is 20.2 Å². The predicted octanol–water partition coefficient (Wildman–Crippen LogP) is 1.71. The number of rotatable bonds is 9. The molecule has 0 saturated carbocycles. The summed E-state index contributed by atoms with van der Waals surface area (Å²) in [4.78, 5) is 25.3. The van der Waals surface area contributed by atoms with Gasteiger partial charge in [-0.1, -0.05) is 36.8 Å². The molecule has 1 amide bonds. The molecule has 0 unspecified atom stereocenters. The Hall–Kier alpha value is -1.88. The molecule has 0 aromatic heterocycles. The Labute approximate surface area is 126 Å². The van der Waals surface area contributed by atoms with E-state index in [-0.39, 0.29) is 12.5 Å². The molecule has 0 atom stereocenters. The van der Waals surface area contributed by atoms with Crippen molar-refractivity contribution >= 4 is 11.9 Å². The van der Waals surface area contributed by atoms with E-state index in [1.165, 1.54) is 7.11 Å². The van der Waals surface area contributed by atoms with Gasteiger partial charge in [0.25, 0.3) is 0 Å². The van der Waals surface area contributed by atoms with Gasteiger partial charge in [-0.25, -0.2) is 0 Å². The van der Waals surface area contributed by atoms with Gasteiger partial charge in [-0.05, 0) is 24.9 Å². The Bertz CT molecular complexity index is 434. The number of hydrogen-bond acceptors (Lipinski definition) is 4. The lowest BCUT2D eigenvalue weighted by Gasteiger charge is -2.21. The van der Waals surface area contributed by atoms with Crippen LogP contribution < -0.4 is 5.73 Å². The molecular formula is C16H24N2O3. The molecule has 2 N–H and O–H groups in total. The smallest absolute Gasteiger partial charge is 0.325 e. The molecule has 0 aliphatic heterocycles. The van der Waals surface area contributed by atoms with E-state index in [4.69, 9.17) is 5.73 Å². The Morgan fingerprint density at radius 3 is 2.48 bits per heavy atom. The van der Waals surface area contributed by atoms with Crippen LogP contribution in [0.3, 0.4) is 0 Å². The van der Waals surface area contributed by atoms with Crippen LogP contribution in [0.1, 0.15) is 31.2 Å². The van der Waals surface area contributed by atoms with E-state index in [2.05, 4.69) is 4.74 Å². The summed E-state index contributed by atoms with van der Waals surface area (Å²) in [6.45, 7) is 1.05. The first kappa shape index (κ1) is 17.2. The van der Waals surface area contributed by atoms with Crippen LogP contribution in [-0.4, -0.2) is 37.0 Å². The Morgan fingerprint density at radius 2 is 1.86 bits per heavy atom. The van der Waals surface area contributed by atoms with Gasteiger partial charge in [0.2, 0.25) is 5.91 Å². The lowest BCUT2D eigenvalue weighted by molar-refractivity contribution is -0.147. The molecule has 0 aliphatic rings. The van der Waals surface area contributed by atoms with Crippen LogP contribution >= 0.6 is 0 Å². The SMILES string of the molecule is COC(=O)CN(Cc1ccccc1)C(=O)CCCCCN. The van der Waals surface area contributed by atoms with E-state index in [1.807, 2.05) is 30.3 Å². The second-order valence-electron chi connectivity index (χ2n) is 4.91. The first-order valence-corrected chi connectivity index (χ1v) is 7.26. The number of carbonyl (C=O) groups excluding carboxylic acids is 2. The topological polar surface area (TPSA) is 72.6 Å². The van der Waals surface area contributed by atoms with Gasteiger partial charge in [-0.2, -0.15) is 0 Å². The largest absolute Gasteiger partial charge is 0.468 e. The van der Waals surface area contributed by atoms with E-state index in [1.54, 1.807) is 4.90 Å². The Morgan fingerprint density at radius 1 is 1.14 bits per heavy atom. The van der Waals surface area contributed by atoms with E-state index in [9.17, 15) is 9.59 Å². The minimum atomic E-state index is -0.402. The molecule has 5 heteroatoms. The van der Waals surface area contributed by atoms with Crippen molar-refractivity contribution in [3.05, 3.63) is 35.9 Å². The van der Waals surface area contributed by atoms with Gasteiger partial charge in [-0.15, -0.1) is 0 Å². The van der Waals surface area contributed by atoms with E-state index in [0.717, 1.165) is 24.8 Å². The predicted molar refractivity (Wildman–Crippen MR) is 81.4 cm³/mol. The summed E-state index contributed by atoms with van der Waals surface area (Å²) in [6, 6.07) is 9.62. The minimum Gasteiger partial charge on any atom is -0.468 e. The van der Waals surface area contributed by atoms with E-state index < -0.39 is 5.97 Å². The fourth-order valence-corrected chi connectivity index (χ4v) is 2.01. The third kappa shape index (κ3) is 6.90. The zero-order chi connectivity index (χ0) is 15.5. The molecule has 0 bridgehead atoms. The van der Waals surface area contributed by atoms with E-state index >= 15 is 0 Å². The molecule has 0 spiro atoms. The van der Waals surface area contributed by atoms with Gasteiger partial charge in [0, 0.05) is 13.0 Å². The number of nitrogens with two attached hydrogens (primary N) is 1. The standard InChI is InChI=1S/C16H24N2O3/c1-21-16(20)13-18(12-14-8-4-2-5-9-14)15(19)10-6-3-7-11-17/h2,4-5,8-9H,3,6-7,10-13,17H2,1H3. The first-order valence-electron chi connectivity index (χ1n) is 7.26.